The Hall–Kier alpha value is -1.51. The summed E-state index contributed by atoms with van der Waals surface area (Å²) >= 11 is 0. The number of likely N-dealkylation sites (tertiary alicyclic amines) is 1. The number of hydrogen-bond acceptors (Lipinski definition) is 4. The van der Waals surface area contributed by atoms with E-state index in [9.17, 15) is 9.18 Å². The molecule has 0 unspecified atom stereocenters. The fourth-order valence-electron chi connectivity index (χ4n) is 1.34. The highest BCUT2D eigenvalue weighted by molar-refractivity contribution is 5.79. The molecule has 70 valence electrons. The highest BCUT2D eigenvalue weighted by Crippen LogP contribution is 2.19. The Morgan fingerprint density at radius 3 is 3.08 bits per heavy atom. The Labute approximate surface area is 74.6 Å². The van der Waals surface area contributed by atoms with Crippen molar-refractivity contribution in [2.45, 2.75) is 18.6 Å². The van der Waals surface area contributed by atoms with Gasteiger partial charge < -0.3 is 4.90 Å². The number of hydrogen-bond donors (Lipinski definition) is 1. The van der Waals surface area contributed by atoms with E-state index in [2.05, 4.69) is 5.11 Å². The van der Waals surface area contributed by atoms with E-state index in [1.807, 2.05) is 6.07 Å². The number of carbonyl (C=O) groups is 1. The second-order valence-electron chi connectivity index (χ2n) is 2.84. The van der Waals surface area contributed by atoms with Crippen LogP contribution in [0.4, 0.5) is 4.39 Å². The first-order valence-electron chi connectivity index (χ1n) is 3.85. The molecule has 6 heteroatoms. The Morgan fingerprint density at radius 1 is 1.85 bits per heavy atom. The lowest BCUT2D eigenvalue weighted by molar-refractivity contribution is -0.129. The quantitative estimate of drug-likeness (QED) is 0.633. The molecule has 0 aromatic heterocycles. The van der Waals surface area contributed by atoms with Gasteiger partial charge in [-0.1, -0.05) is 0 Å². The number of amides is 1. The van der Waals surface area contributed by atoms with Crippen molar-refractivity contribution in [1.82, 2.24) is 4.90 Å². The maximum atomic E-state index is 12.8. The van der Waals surface area contributed by atoms with Crippen LogP contribution in [-0.2, 0) is 4.79 Å². The molecule has 1 saturated heterocycles. The van der Waals surface area contributed by atoms with Gasteiger partial charge in [0.15, 0.2) is 0 Å². The van der Waals surface area contributed by atoms with Gasteiger partial charge >= 0.3 is 0 Å². The van der Waals surface area contributed by atoms with Crippen molar-refractivity contribution < 1.29 is 9.18 Å². The SMILES string of the molecule is N#C[C@@H]1C[C@H](F)CN1C(=O)CN=N. The lowest BCUT2D eigenvalue weighted by Gasteiger charge is -2.17. The zero-order valence-corrected chi connectivity index (χ0v) is 6.90. The molecule has 1 aliphatic heterocycles. The number of rotatable bonds is 2. The van der Waals surface area contributed by atoms with Gasteiger partial charge in [-0.25, -0.2) is 9.92 Å². The second-order valence-corrected chi connectivity index (χ2v) is 2.84. The number of nitrogens with one attached hydrogen (secondary N) is 1. The van der Waals surface area contributed by atoms with Crippen molar-refractivity contribution in [2.75, 3.05) is 13.1 Å². The van der Waals surface area contributed by atoms with Gasteiger partial charge in [0.1, 0.15) is 18.8 Å². The van der Waals surface area contributed by atoms with Crippen LogP contribution < -0.4 is 0 Å². The van der Waals surface area contributed by atoms with Crippen LogP contribution in [0.15, 0.2) is 5.11 Å². The highest BCUT2D eigenvalue weighted by Gasteiger charge is 2.34. The second kappa shape index (κ2) is 3.94. The van der Waals surface area contributed by atoms with Crippen molar-refractivity contribution in [1.29, 1.82) is 10.8 Å². The van der Waals surface area contributed by atoms with Gasteiger partial charge in [0.25, 0.3) is 0 Å². The van der Waals surface area contributed by atoms with Crippen LogP contribution in [0.2, 0.25) is 0 Å². The first-order valence-corrected chi connectivity index (χ1v) is 3.85. The van der Waals surface area contributed by atoms with Crippen LogP contribution in [-0.4, -0.2) is 36.1 Å². The number of halogens is 1. The van der Waals surface area contributed by atoms with E-state index in [1.54, 1.807) is 0 Å². The van der Waals surface area contributed by atoms with Gasteiger partial charge in [-0.05, 0) is 0 Å². The third kappa shape index (κ3) is 1.99. The van der Waals surface area contributed by atoms with Crippen LogP contribution >= 0.6 is 0 Å². The Morgan fingerprint density at radius 2 is 2.54 bits per heavy atom. The Bertz CT molecular complexity index is 262. The molecule has 13 heavy (non-hydrogen) atoms. The maximum Gasteiger partial charge on any atom is 0.247 e. The van der Waals surface area contributed by atoms with E-state index >= 15 is 0 Å². The number of nitrogens with zero attached hydrogens (tertiary/aromatic N) is 3. The van der Waals surface area contributed by atoms with Crippen molar-refractivity contribution >= 4 is 5.91 Å². The van der Waals surface area contributed by atoms with Gasteiger partial charge in [0.05, 0.1) is 12.6 Å². The Balaban J connectivity index is 2.63. The minimum Gasteiger partial charge on any atom is -0.322 e. The molecule has 0 aromatic carbocycles. The minimum absolute atomic E-state index is 0.0490. The molecular formula is C7H9FN4O. The zero-order chi connectivity index (χ0) is 9.84. The van der Waals surface area contributed by atoms with Crippen molar-refractivity contribution in [3.63, 3.8) is 0 Å². The third-order valence-corrected chi connectivity index (χ3v) is 1.93. The molecular weight excluding hydrogens is 175 g/mol. The summed E-state index contributed by atoms with van der Waals surface area (Å²) in [7, 11) is 0. The lowest BCUT2D eigenvalue weighted by Crippen LogP contribution is -2.36. The summed E-state index contributed by atoms with van der Waals surface area (Å²) < 4.78 is 12.8. The smallest absolute Gasteiger partial charge is 0.247 e. The molecule has 1 heterocycles. The van der Waals surface area contributed by atoms with Gasteiger partial charge in [-0.2, -0.15) is 10.4 Å². The summed E-state index contributed by atoms with van der Waals surface area (Å²) in [5.41, 5.74) is 6.47. The van der Waals surface area contributed by atoms with Crippen LogP contribution in [0.5, 0.6) is 0 Å². The maximum absolute atomic E-state index is 12.8. The predicted octanol–water partition coefficient (Wildman–Crippen LogP) is 0.480. The van der Waals surface area contributed by atoms with E-state index in [0.717, 1.165) is 4.90 Å². The van der Waals surface area contributed by atoms with Crippen LogP contribution in [0, 0.1) is 16.9 Å². The van der Waals surface area contributed by atoms with Gasteiger partial charge in [-0.3, -0.25) is 4.79 Å². The largest absolute Gasteiger partial charge is 0.322 e. The van der Waals surface area contributed by atoms with Gasteiger partial charge in [-0.15, -0.1) is 0 Å². The van der Waals surface area contributed by atoms with Crippen LogP contribution in [0.25, 0.3) is 0 Å². The summed E-state index contributed by atoms with van der Waals surface area (Å²) in [6, 6.07) is 1.16. The third-order valence-electron chi connectivity index (χ3n) is 1.93. The summed E-state index contributed by atoms with van der Waals surface area (Å²) in [4.78, 5) is 12.3. The van der Waals surface area contributed by atoms with E-state index < -0.39 is 18.1 Å². The molecule has 1 amide bonds. The molecule has 2 atom stereocenters. The molecule has 0 saturated carbocycles. The van der Waals surface area contributed by atoms with E-state index in [0.29, 0.717) is 0 Å². The van der Waals surface area contributed by atoms with E-state index in [1.165, 1.54) is 0 Å². The first-order chi connectivity index (χ1) is 6.19. The number of alkyl halides is 1. The molecule has 1 rings (SSSR count). The molecule has 0 aliphatic carbocycles. The average molecular weight is 184 g/mol. The van der Waals surface area contributed by atoms with E-state index in [-0.39, 0.29) is 19.5 Å². The molecule has 0 radical (unpaired) electrons. The van der Waals surface area contributed by atoms with Crippen molar-refractivity contribution in [3.05, 3.63) is 0 Å². The summed E-state index contributed by atoms with van der Waals surface area (Å²) in [6.07, 6.45) is -1.06. The molecule has 1 aliphatic rings. The normalized spacial score (nSPS) is 26.9. The fourth-order valence-corrected chi connectivity index (χ4v) is 1.34. The zero-order valence-electron chi connectivity index (χ0n) is 6.90. The fraction of sp³-hybridized carbons (Fsp3) is 0.714. The van der Waals surface area contributed by atoms with E-state index in [4.69, 9.17) is 10.8 Å². The van der Waals surface area contributed by atoms with Crippen molar-refractivity contribution in [3.8, 4) is 6.07 Å². The number of nitriles is 1. The molecule has 0 spiro atoms. The van der Waals surface area contributed by atoms with Gasteiger partial charge in [0.2, 0.25) is 5.91 Å². The van der Waals surface area contributed by atoms with Gasteiger partial charge in [0, 0.05) is 6.42 Å². The number of carbonyl (C=O) groups excluding carboxylic acids is 1. The molecule has 1 fully saturated rings. The summed E-state index contributed by atoms with van der Waals surface area (Å²) in [5.74, 6) is -0.457. The van der Waals surface area contributed by atoms with Crippen LogP contribution in [0.1, 0.15) is 6.42 Å². The molecule has 0 aromatic rings. The lowest BCUT2D eigenvalue weighted by atomic mass is 10.2. The van der Waals surface area contributed by atoms with Crippen molar-refractivity contribution in [2.24, 2.45) is 5.11 Å². The molecule has 1 N–H and O–H groups in total. The topological polar surface area (TPSA) is 80.3 Å². The van der Waals surface area contributed by atoms with Crippen LogP contribution in [0.3, 0.4) is 0 Å². The minimum atomic E-state index is -1.13. The molecule has 5 nitrogen and oxygen atoms in total. The predicted molar refractivity (Wildman–Crippen MR) is 40.6 cm³/mol. The monoisotopic (exact) mass is 184 g/mol. The standard InChI is InChI=1S/C7H9FN4O/c8-5-1-6(2-9)12(4-5)7(13)3-11-10/h5-6,10H,1,3-4H2/t5-,6-/m0/s1. The average Bonchev–Trinajstić information content (AvgIpc) is 2.47. The molecule has 0 bridgehead atoms. The first kappa shape index (κ1) is 9.58. The summed E-state index contributed by atoms with van der Waals surface area (Å²) in [5, 5.41) is 11.5. The summed E-state index contributed by atoms with van der Waals surface area (Å²) in [6.45, 7) is -0.350. The highest BCUT2D eigenvalue weighted by atomic mass is 19.1. The Kier molecular flexibility index (Phi) is 2.90.